The zero-order valence-corrected chi connectivity index (χ0v) is 22.7. The molecule has 0 spiro atoms. The standard InChI is InChI=1S/C30H33N5O5/c1-3-30(39)23-11-25-27-21(14-35(25)28(37)22(23)15-40-29(30)38)20(13-34(32)12-18(31)10-16(2)36)26-19-7-5-4-6-17(19)8-9-24(26)33-27/h5,7-9,11-12,16,36,39H,3-4,6,10,13-15,31-32H2,1-2H3/p+1/b18-12-/t16?,30-/m0/s1. The molecule has 3 aromatic rings. The van der Waals surface area contributed by atoms with E-state index < -0.39 is 17.7 Å². The summed E-state index contributed by atoms with van der Waals surface area (Å²) in [4.78, 5) is 31.3. The Kier molecular flexibility index (Phi) is 6.38. The molecule has 208 valence electrons. The van der Waals surface area contributed by atoms with Crippen LogP contribution >= 0.6 is 0 Å². The number of hydrogen-bond donors (Lipinski definition) is 4. The second kappa shape index (κ2) is 9.67. The molecule has 2 atom stereocenters. The number of carbonyl (C=O) groups excluding carboxylic acids is 1. The average molecular weight is 545 g/mol. The van der Waals surface area contributed by atoms with E-state index in [1.54, 1.807) is 35.7 Å². The van der Waals surface area contributed by atoms with Crippen molar-refractivity contribution in [2.24, 2.45) is 5.84 Å². The summed E-state index contributed by atoms with van der Waals surface area (Å²) in [6, 6.07) is 5.83. The quantitative estimate of drug-likeness (QED) is 0.162. The minimum Gasteiger partial charge on any atom is -0.458 e. The molecule has 2 aliphatic heterocycles. The van der Waals surface area contributed by atoms with Crippen molar-refractivity contribution in [1.29, 1.82) is 0 Å². The van der Waals surface area contributed by atoms with Crippen molar-refractivity contribution in [3.8, 4) is 11.4 Å². The number of hydrogen-bond acceptors (Lipinski definition) is 8. The summed E-state index contributed by atoms with van der Waals surface area (Å²) in [6.07, 6.45) is 7.86. The lowest BCUT2D eigenvalue weighted by molar-refractivity contribution is -0.310. The lowest BCUT2D eigenvalue weighted by Gasteiger charge is -2.31. The minimum atomic E-state index is -1.89. The molecule has 4 heterocycles. The molecule has 0 saturated heterocycles. The molecule has 10 nitrogen and oxygen atoms in total. The molecular formula is C30H34N5O5+. The molecular weight excluding hydrogens is 510 g/mol. The number of esters is 1. The van der Waals surface area contributed by atoms with Crippen LogP contribution < -0.4 is 17.1 Å². The van der Waals surface area contributed by atoms with Gasteiger partial charge in [-0.2, -0.15) is 0 Å². The number of allylic oxidation sites excluding steroid dienone is 1. The van der Waals surface area contributed by atoms with E-state index in [-0.39, 0.29) is 36.3 Å². The Bertz CT molecular complexity index is 1690. The van der Waals surface area contributed by atoms with Gasteiger partial charge in [0, 0.05) is 22.9 Å². The molecule has 0 saturated carbocycles. The number of aromatic nitrogens is 2. The van der Waals surface area contributed by atoms with Crippen molar-refractivity contribution < 1.29 is 25.5 Å². The Morgan fingerprint density at radius 2 is 2.15 bits per heavy atom. The van der Waals surface area contributed by atoms with Gasteiger partial charge < -0.3 is 30.3 Å². The smallest absolute Gasteiger partial charge is 0.343 e. The molecule has 0 amide bonds. The number of aliphatic hydroxyl groups is 2. The van der Waals surface area contributed by atoms with Crippen LogP contribution in [0.25, 0.3) is 28.4 Å². The highest BCUT2D eigenvalue weighted by Gasteiger charge is 2.45. The van der Waals surface area contributed by atoms with Crippen LogP contribution in [0.4, 0.5) is 0 Å². The number of ether oxygens (including phenoxy) is 1. The average Bonchev–Trinajstić information content (AvgIpc) is 3.29. The highest BCUT2D eigenvalue weighted by atomic mass is 16.6. The summed E-state index contributed by atoms with van der Waals surface area (Å²) < 4.78 is 6.86. The fourth-order valence-electron chi connectivity index (χ4n) is 6.25. The molecule has 10 heteroatoms. The van der Waals surface area contributed by atoms with Crippen LogP contribution in [0.3, 0.4) is 0 Å². The fraction of sp³-hybridized carbons (Fsp3) is 0.367. The van der Waals surface area contributed by atoms with Gasteiger partial charge in [-0.3, -0.25) is 4.79 Å². The van der Waals surface area contributed by atoms with Gasteiger partial charge in [0.1, 0.15) is 12.3 Å². The fourth-order valence-corrected chi connectivity index (χ4v) is 6.25. The summed E-state index contributed by atoms with van der Waals surface area (Å²) in [5.74, 6) is 5.74. The SMILES string of the molecule is CC[C@@]1(O)C(=O)OCc2c1cc1n(c2=O)Cc2c-1nc1ccc3c(c1c2CN(N)/C=C(\[NH3+])CC(C)O)C=CCC3. The van der Waals surface area contributed by atoms with Gasteiger partial charge in [0.05, 0.1) is 47.9 Å². The molecule has 0 fully saturated rings. The lowest BCUT2D eigenvalue weighted by Crippen LogP contribution is -2.49. The van der Waals surface area contributed by atoms with Gasteiger partial charge >= 0.3 is 5.97 Å². The van der Waals surface area contributed by atoms with Gasteiger partial charge in [-0.25, -0.2) is 15.6 Å². The number of fused-ring (bicyclic) bond motifs is 7. The van der Waals surface area contributed by atoms with Crippen molar-refractivity contribution in [2.45, 2.75) is 70.9 Å². The summed E-state index contributed by atoms with van der Waals surface area (Å²) in [6.45, 7) is 3.82. The number of pyridine rings is 2. The van der Waals surface area contributed by atoms with E-state index in [2.05, 4.69) is 24.0 Å². The monoisotopic (exact) mass is 544 g/mol. The number of nitrogens with two attached hydrogens (primary N) is 1. The zero-order chi connectivity index (χ0) is 28.3. The van der Waals surface area contributed by atoms with Crippen molar-refractivity contribution in [2.75, 3.05) is 0 Å². The number of aryl methyl sites for hydroxylation is 1. The number of carbonyl (C=O) groups is 1. The molecule has 0 radical (unpaired) electrons. The van der Waals surface area contributed by atoms with E-state index in [0.717, 1.165) is 40.4 Å². The van der Waals surface area contributed by atoms with Crippen molar-refractivity contribution in [1.82, 2.24) is 14.6 Å². The number of hydrazine groups is 1. The first-order chi connectivity index (χ1) is 19.1. The van der Waals surface area contributed by atoms with Gasteiger partial charge in [-0.1, -0.05) is 25.1 Å². The van der Waals surface area contributed by atoms with Crippen molar-refractivity contribution in [3.05, 3.63) is 79.9 Å². The normalized spacial score (nSPS) is 20.1. The van der Waals surface area contributed by atoms with Crippen LogP contribution in [0.2, 0.25) is 0 Å². The predicted molar refractivity (Wildman–Crippen MR) is 149 cm³/mol. The van der Waals surface area contributed by atoms with Crippen molar-refractivity contribution >= 4 is 22.9 Å². The van der Waals surface area contributed by atoms with E-state index in [9.17, 15) is 19.8 Å². The van der Waals surface area contributed by atoms with Crippen molar-refractivity contribution in [3.63, 3.8) is 0 Å². The Morgan fingerprint density at radius 3 is 2.90 bits per heavy atom. The van der Waals surface area contributed by atoms with Gasteiger partial charge in [-0.15, -0.1) is 0 Å². The Morgan fingerprint density at radius 1 is 1.35 bits per heavy atom. The van der Waals surface area contributed by atoms with E-state index in [1.165, 1.54) is 5.56 Å². The Labute approximate surface area is 231 Å². The maximum Gasteiger partial charge on any atom is 0.343 e. The molecule has 6 rings (SSSR count). The van der Waals surface area contributed by atoms with Crippen LogP contribution in [0.15, 0.2) is 41.0 Å². The highest BCUT2D eigenvalue weighted by Crippen LogP contribution is 2.42. The molecule has 7 N–H and O–H groups in total. The molecule has 3 aliphatic rings. The Hall–Kier alpha value is -3.83. The van der Waals surface area contributed by atoms with Crippen LogP contribution in [0, 0.1) is 0 Å². The summed E-state index contributed by atoms with van der Waals surface area (Å²) in [5.41, 5.74) is 9.24. The maximum absolute atomic E-state index is 13.7. The number of nitrogens with zero attached hydrogens (tertiary/aromatic N) is 3. The third-order valence-corrected chi connectivity index (χ3v) is 8.21. The first-order valence-corrected chi connectivity index (χ1v) is 13.7. The third kappa shape index (κ3) is 4.06. The lowest BCUT2D eigenvalue weighted by atomic mass is 9.86. The molecule has 40 heavy (non-hydrogen) atoms. The minimum absolute atomic E-state index is 0.0811. The number of rotatable bonds is 6. The number of benzene rings is 1. The van der Waals surface area contributed by atoms with E-state index in [1.807, 2.05) is 6.07 Å². The highest BCUT2D eigenvalue weighted by molar-refractivity contribution is 5.96. The van der Waals surface area contributed by atoms with Gasteiger partial charge in [0.15, 0.2) is 5.60 Å². The zero-order valence-electron chi connectivity index (χ0n) is 22.7. The summed E-state index contributed by atoms with van der Waals surface area (Å²) >= 11 is 0. The van der Waals surface area contributed by atoms with Gasteiger partial charge in [0.25, 0.3) is 5.56 Å². The Balaban J connectivity index is 1.58. The predicted octanol–water partition coefficient (Wildman–Crippen LogP) is 1.57. The van der Waals surface area contributed by atoms with Crippen LogP contribution in [0.5, 0.6) is 0 Å². The van der Waals surface area contributed by atoms with Gasteiger partial charge in [-0.05, 0) is 55.0 Å². The first-order valence-electron chi connectivity index (χ1n) is 13.7. The molecule has 1 unspecified atom stereocenters. The van der Waals surface area contributed by atoms with Crippen LogP contribution in [-0.2, 0) is 41.2 Å². The molecule has 2 aromatic heterocycles. The summed E-state index contributed by atoms with van der Waals surface area (Å²) in [5, 5.41) is 23.6. The van der Waals surface area contributed by atoms with Crippen LogP contribution in [0.1, 0.15) is 66.5 Å². The third-order valence-electron chi connectivity index (χ3n) is 8.21. The second-order valence-electron chi connectivity index (χ2n) is 11.0. The number of cyclic esters (lactones) is 1. The van der Waals surface area contributed by atoms with E-state index in [0.29, 0.717) is 30.1 Å². The number of quaternary nitrogens is 1. The molecule has 0 bridgehead atoms. The summed E-state index contributed by atoms with van der Waals surface area (Å²) in [7, 11) is 0. The van der Waals surface area contributed by atoms with Crippen LogP contribution in [-0.4, -0.2) is 36.8 Å². The first kappa shape index (κ1) is 26.4. The largest absolute Gasteiger partial charge is 0.458 e. The van der Waals surface area contributed by atoms with E-state index in [4.69, 9.17) is 15.6 Å². The topological polar surface area (TPSA) is 159 Å². The second-order valence-corrected chi connectivity index (χ2v) is 11.0. The molecule has 1 aromatic carbocycles. The number of aliphatic hydroxyl groups excluding tert-OH is 1. The molecule has 1 aliphatic carbocycles. The van der Waals surface area contributed by atoms with E-state index >= 15 is 0 Å². The maximum atomic E-state index is 13.7. The van der Waals surface area contributed by atoms with Gasteiger partial charge in [0.2, 0.25) is 0 Å².